The van der Waals surface area contributed by atoms with Crippen molar-refractivity contribution in [2.45, 2.75) is 38.0 Å². The average Bonchev–Trinajstić information content (AvgIpc) is 3.34. The van der Waals surface area contributed by atoms with Crippen LogP contribution in [0.3, 0.4) is 0 Å². The van der Waals surface area contributed by atoms with Crippen molar-refractivity contribution >= 4 is 11.9 Å². The van der Waals surface area contributed by atoms with Gasteiger partial charge >= 0.3 is 12.2 Å². The monoisotopic (exact) mass is 359 g/mol. The maximum absolute atomic E-state index is 12.1. The van der Waals surface area contributed by atoms with E-state index in [-0.39, 0.29) is 30.3 Å². The van der Waals surface area contributed by atoms with Crippen molar-refractivity contribution in [2.24, 2.45) is 0 Å². The van der Waals surface area contributed by atoms with Gasteiger partial charge in [0.25, 0.3) is 0 Å². The zero-order chi connectivity index (χ0) is 18.4. The molecule has 0 aromatic heterocycles. The summed E-state index contributed by atoms with van der Waals surface area (Å²) in [5.41, 5.74) is 0.692. The molecule has 138 valence electrons. The van der Waals surface area contributed by atoms with E-state index in [0.717, 1.165) is 12.8 Å². The smallest absolute Gasteiger partial charge is 0.422 e. The highest BCUT2D eigenvalue weighted by molar-refractivity contribution is 5.84. The Kier molecular flexibility index (Phi) is 6.11. The van der Waals surface area contributed by atoms with Crippen LogP contribution in [0.25, 0.3) is 0 Å². The summed E-state index contributed by atoms with van der Waals surface area (Å²) in [6.45, 7) is 0.250. The molecule has 0 radical (unpaired) electrons. The zero-order valence-electron chi connectivity index (χ0n) is 13.7. The molecule has 0 spiro atoms. The van der Waals surface area contributed by atoms with Gasteiger partial charge in [-0.1, -0.05) is 12.1 Å². The minimum Gasteiger partial charge on any atom is -0.484 e. The summed E-state index contributed by atoms with van der Waals surface area (Å²) in [6.07, 6.45) is -2.45. The van der Waals surface area contributed by atoms with E-state index < -0.39 is 18.8 Å². The van der Waals surface area contributed by atoms with Crippen LogP contribution in [0, 0.1) is 0 Å². The number of benzene rings is 1. The molecule has 1 saturated carbocycles. The number of hydrogen-bond donors (Lipinski definition) is 3. The van der Waals surface area contributed by atoms with Crippen molar-refractivity contribution in [3.05, 3.63) is 29.8 Å². The predicted octanol–water partition coefficient (Wildman–Crippen LogP) is 2.27. The Bertz CT molecular complexity index is 601. The number of urea groups is 1. The number of carbonyl (C=O) groups excluding carboxylic acids is 2. The van der Waals surface area contributed by atoms with Crippen molar-refractivity contribution < 1.29 is 27.5 Å². The van der Waals surface area contributed by atoms with Crippen molar-refractivity contribution in [3.8, 4) is 5.75 Å². The molecular weight excluding hydrogens is 339 g/mol. The van der Waals surface area contributed by atoms with Crippen molar-refractivity contribution in [2.75, 3.05) is 13.2 Å². The van der Waals surface area contributed by atoms with E-state index >= 15 is 0 Å². The lowest BCUT2D eigenvalue weighted by molar-refractivity contribution is -0.153. The molecule has 1 aromatic rings. The molecule has 1 aliphatic carbocycles. The number of ether oxygens (including phenoxy) is 1. The van der Waals surface area contributed by atoms with E-state index in [1.807, 2.05) is 0 Å². The van der Waals surface area contributed by atoms with Crippen LogP contribution in [0.2, 0.25) is 0 Å². The van der Waals surface area contributed by atoms with Crippen LogP contribution >= 0.6 is 0 Å². The summed E-state index contributed by atoms with van der Waals surface area (Å²) >= 11 is 0. The highest BCUT2D eigenvalue weighted by Crippen LogP contribution is 2.21. The molecule has 0 saturated heterocycles. The van der Waals surface area contributed by atoms with Gasteiger partial charge in [-0.15, -0.1) is 0 Å². The van der Waals surface area contributed by atoms with Crippen LogP contribution in [-0.4, -0.2) is 37.3 Å². The Hall–Kier alpha value is -2.45. The van der Waals surface area contributed by atoms with Crippen LogP contribution in [0.15, 0.2) is 24.3 Å². The van der Waals surface area contributed by atoms with Crippen molar-refractivity contribution in [1.29, 1.82) is 0 Å². The molecule has 1 aliphatic rings. The van der Waals surface area contributed by atoms with E-state index in [2.05, 4.69) is 20.7 Å². The number of amides is 3. The lowest BCUT2D eigenvalue weighted by atomic mass is 10.1. The Morgan fingerprint density at radius 3 is 2.44 bits per heavy atom. The van der Waals surface area contributed by atoms with Gasteiger partial charge in [-0.05, 0) is 37.5 Å². The van der Waals surface area contributed by atoms with Gasteiger partial charge < -0.3 is 20.7 Å². The molecule has 2 rings (SSSR count). The second-order valence-electron chi connectivity index (χ2n) is 5.86. The molecule has 1 atom stereocenters. The Balaban J connectivity index is 1.74. The molecule has 1 aromatic carbocycles. The Morgan fingerprint density at radius 2 is 1.88 bits per heavy atom. The van der Waals surface area contributed by atoms with E-state index in [0.29, 0.717) is 5.56 Å². The van der Waals surface area contributed by atoms with Gasteiger partial charge in [0.1, 0.15) is 5.75 Å². The second-order valence-corrected chi connectivity index (χ2v) is 5.86. The highest BCUT2D eigenvalue weighted by atomic mass is 19.4. The molecule has 1 unspecified atom stereocenters. The number of halogens is 3. The molecule has 1 fully saturated rings. The normalized spacial score (nSPS) is 15.2. The van der Waals surface area contributed by atoms with E-state index in [1.54, 1.807) is 19.1 Å². The first kappa shape index (κ1) is 18.9. The molecule has 0 heterocycles. The summed E-state index contributed by atoms with van der Waals surface area (Å²) in [4.78, 5) is 23.2. The van der Waals surface area contributed by atoms with Crippen molar-refractivity contribution in [1.82, 2.24) is 16.0 Å². The van der Waals surface area contributed by atoms with Crippen LogP contribution in [0.4, 0.5) is 18.0 Å². The summed E-state index contributed by atoms with van der Waals surface area (Å²) in [5.74, 6) is -0.147. The topological polar surface area (TPSA) is 79.5 Å². The molecule has 3 N–H and O–H groups in total. The molecular formula is C16H20F3N3O3. The van der Waals surface area contributed by atoms with Gasteiger partial charge in [0, 0.05) is 6.04 Å². The zero-order valence-corrected chi connectivity index (χ0v) is 13.7. The summed E-state index contributed by atoms with van der Waals surface area (Å²) in [7, 11) is 0. The molecule has 0 bridgehead atoms. The van der Waals surface area contributed by atoms with Gasteiger partial charge in [-0.25, -0.2) is 4.79 Å². The molecule has 3 amide bonds. The first-order valence-corrected chi connectivity index (χ1v) is 7.86. The third kappa shape index (κ3) is 7.32. The molecule has 6 nitrogen and oxygen atoms in total. The van der Waals surface area contributed by atoms with Crippen LogP contribution in [0.1, 0.15) is 31.4 Å². The first-order valence-electron chi connectivity index (χ1n) is 7.86. The lowest BCUT2D eigenvalue weighted by Crippen LogP contribution is -2.43. The fraction of sp³-hybridized carbons (Fsp3) is 0.500. The quantitative estimate of drug-likeness (QED) is 0.699. The fourth-order valence-electron chi connectivity index (χ4n) is 2.02. The van der Waals surface area contributed by atoms with Gasteiger partial charge in [0.2, 0.25) is 5.91 Å². The Labute approximate surface area is 143 Å². The lowest BCUT2D eigenvalue weighted by Gasteiger charge is -2.16. The van der Waals surface area contributed by atoms with Gasteiger partial charge in [0.05, 0.1) is 12.6 Å². The standard InChI is InChI=1S/C16H20F3N3O3/c1-10(21-15(24)20-8-14(23)22-12-4-5-12)11-2-6-13(7-3-11)25-9-16(17,18)19/h2-3,6-7,10,12H,4-5,8-9H2,1H3,(H,22,23)(H2,20,21,24). The number of hydrogen-bond acceptors (Lipinski definition) is 3. The maximum atomic E-state index is 12.1. The molecule has 9 heteroatoms. The third-order valence-electron chi connectivity index (χ3n) is 3.48. The highest BCUT2D eigenvalue weighted by Gasteiger charge is 2.28. The third-order valence-corrected chi connectivity index (χ3v) is 3.48. The van der Waals surface area contributed by atoms with Gasteiger partial charge in [0.15, 0.2) is 6.61 Å². The SMILES string of the molecule is CC(NC(=O)NCC(=O)NC1CC1)c1ccc(OCC(F)(F)F)cc1. The van der Waals surface area contributed by atoms with E-state index in [4.69, 9.17) is 0 Å². The average molecular weight is 359 g/mol. The van der Waals surface area contributed by atoms with Crippen molar-refractivity contribution in [3.63, 3.8) is 0 Å². The van der Waals surface area contributed by atoms with Gasteiger partial charge in [-0.3, -0.25) is 4.79 Å². The largest absolute Gasteiger partial charge is 0.484 e. The summed E-state index contributed by atoms with van der Waals surface area (Å²) in [5, 5.41) is 7.85. The van der Waals surface area contributed by atoms with E-state index in [9.17, 15) is 22.8 Å². The minimum atomic E-state index is -4.39. The number of alkyl halides is 3. The fourth-order valence-corrected chi connectivity index (χ4v) is 2.02. The first-order chi connectivity index (χ1) is 11.7. The van der Waals surface area contributed by atoms with Gasteiger partial charge in [-0.2, -0.15) is 13.2 Å². The van der Waals surface area contributed by atoms with Crippen LogP contribution < -0.4 is 20.7 Å². The molecule has 0 aliphatic heterocycles. The summed E-state index contributed by atoms with van der Waals surface area (Å²) in [6, 6.07) is 5.28. The summed E-state index contributed by atoms with van der Waals surface area (Å²) < 4.78 is 40.9. The number of carbonyl (C=O) groups is 2. The Morgan fingerprint density at radius 1 is 1.24 bits per heavy atom. The van der Waals surface area contributed by atoms with Crippen LogP contribution in [-0.2, 0) is 4.79 Å². The predicted molar refractivity (Wildman–Crippen MR) is 84.1 cm³/mol. The van der Waals surface area contributed by atoms with E-state index in [1.165, 1.54) is 12.1 Å². The maximum Gasteiger partial charge on any atom is 0.422 e. The van der Waals surface area contributed by atoms with Crippen LogP contribution in [0.5, 0.6) is 5.75 Å². The minimum absolute atomic E-state index is 0.0921. The number of nitrogens with one attached hydrogen (secondary N) is 3. The molecule has 25 heavy (non-hydrogen) atoms. The second kappa shape index (κ2) is 8.09. The number of rotatable bonds is 7.